The molecule has 0 bridgehead atoms. The molecule has 2 aromatic heterocycles. The summed E-state index contributed by atoms with van der Waals surface area (Å²) in [6, 6.07) is 7.83. The zero-order chi connectivity index (χ0) is 11.4. The molecule has 0 amide bonds. The van der Waals surface area contributed by atoms with Crippen molar-refractivity contribution >= 4 is 11.3 Å². The van der Waals surface area contributed by atoms with Crippen LogP contribution in [0.5, 0.6) is 5.75 Å². The van der Waals surface area contributed by atoms with Crippen molar-refractivity contribution < 1.29 is 4.74 Å². The van der Waals surface area contributed by atoms with Gasteiger partial charge in [0, 0.05) is 10.9 Å². The summed E-state index contributed by atoms with van der Waals surface area (Å²) in [6.07, 6.45) is 1.71. The quantitative estimate of drug-likeness (QED) is 0.884. The average molecular weight is 234 g/mol. The smallest absolute Gasteiger partial charge is 0.138 e. The Morgan fingerprint density at radius 1 is 1.44 bits per heavy atom. The van der Waals surface area contributed by atoms with E-state index in [4.69, 9.17) is 10.5 Å². The topological polar surface area (TPSA) is 48.1 Å². The molecule has 2 N–H and O–H groups in total. The average Bonchev–Trinajstić information content (AvgIpc) is 2.80. The largest absolute Gasteiger partial charge is 0.486 e. The van der Waals surface area contributed by atoms with E-state index in [1.165, 1.54) is 4.88 Å². The second-order valence-electron chi connectivity index (χ2n) is 3.58. The van der Waals surface area contributed by atoms with E-state index in [0.29, 0.717) is 6.61 Å². The van der Waals surface area contributed by atoms with Crippen LogP contribution < -0.4 is 10.5 Å². The van der Waals surface area contributed by atoms with E-state index in [1.807, 2.05) is 30.5 Å². The van der Waals surface area contributed by atoms with Gasteiger partial charge in [-0.3, -0.25) is 4.98 Å². The fourth-order valence-corrected chi connectivity index (χ4v) is 1.91. The Bertz CT molecular complexity index is 423. The lowest BCUT2D eigenvalue weighted by Crippen LogP contribution is -2.06. The van der Waals surface area contributed by atoms with E-state index in [0.717, 1.165) is 11.4 Å². The van der Waals surface area contributed by atoms with Crippen LogP contribution in [0.15, 0.2) is 35.8 Å². The van der Waals surface area contributed by atoms with Gasteiger partial charge in [-0.2, -0.15) is 0 Å². The molecule has 2 aromatic rings. The maximum absolute atomic E-state index is 5.71. The fraction of sp³-hybridized carbons (Fsp3) is 0.250. The highest BCUT2D eigenvalue weighted by Crippen LogP contribution is 2.16. The summed E-state index contributed by atoms with van der Waals surface area (Å²) >= 11 is 1.68. The van der Waals surface area contributed by atoms with Crippen molar-refractivity contribution in [2.45, 2.75) is 19.6 Å². The van der Waals surface area contributed by atoms with Crippen LogP contribution in [0.3, 0.4) is 0 Å². The predicted octanol–water partition coefficient (Wildman–Crippen LogP) is 2.74. The minimum absolute atomic E-state index is 0.0358. The fourth-order valence-electron chi connectivity index (χ4n) is 1.30. The van der Waals surface area contributed by atoms with Gasteiger partial charge in [-0.1, -0.05) is 6.07 Å². The molecule has 0 aliphatic carbocycles. The Hall–Kier alpha value is -1.39. The molecule has 3 nitrogen and oxygen atoms in total. The second kappa shape index (κ2) is 5.09. The van der Waals surface area contributed by atoms with E-state index in [1.54, 1.807) is 17.5 Å². The number of rotatable bonds is 4. The number of aromatic nitrogens is 1. The number of hydrogen-bond acceptors (Lipinski definition) is 4. The van der Waals surface area contributed by atoms with Crippen LogP contribution in [0.1, 0.15) is 23.5 Å². The summed E-state index contributed by atoms with van der Waals surface area (Å²) in [5, 5.41) is 2.04. The second-order valence-corrected chi connectivity index (χ2v) is 4.61. The van der Waals surface area contributed by atoms with Gasteiger partial charge in [-0.25, -0.2) is 0 Å². The van der Waals surface area contributed by atoms with Gasteiger partial charge < -0.3 is 10.5 Å². The number of pyridine rings is 1. The number of hydrogen-bond donors (Lipinski definition) is 1. The van der Waals surface area contributed by atoms with Crippen molar-refractivity contribution in [2.75, 3.05) is 0 Å². The molecule has 2 heterocycles. The van der Waals surface area contributed by atoms with Crippen molar-refractivity contribution in [3.63, 3.8) is 0 Å². The maximum Gasteiger partial charge on any atom is 0.138 e. The van der Waals surface area contributed by atoms with Gasteiger partial charge >= 0.3 is 0 Å². The highest BCUT2D eigenvalue weighted by atomic mass is 32.1. The van der Waals surface area contributed by atoms with Crippen molar-refractivity contribution in [1.29, 1.82) is 0 Å². The summed E-state index contributed by atoms with van der Waals surface area (Å²) in [6.45, 7) is 2.51. The molecular formula is C12H14N2OS. The summed E-state index contributed by atoms with van der Waals surface area (Å²) in [7, 11) is 0. The van der Waals surface area contributed by atoms with Crippen molar-refractivity contribution in [3.05, 3.63) is 46.4 Å². The monoisotopic (exact) mass is 234 g/mol. The van der Waals surface area contributed by atoms with E-state index in [-0.39, 0.29) is 6.04 Å². The lowest BCUT2D eigenvalue weighted by Gasteiger charge is -2.07. The molecule has 0 spiro atoms. The Kier molecular flexibility index (Phi) is 3.54. The van der Waals surface area contributed by atoms with Gasteiger partial charge in [0.05, 0.1) is 11.9 Å². The van der Waals surface area contributed by atoms with Crippen molar-refractivity contribution in [2.24, 2.45) is 5.73 Å². The van der Waals surface area contributed by atoms with Gasteiger partial charge in [0.25, 0.3) is 0 Å². The first-order valence-electron chi connectivity index (χ1n) is 5.12. The number of ether oxygens (including phenoxy) is 1. The molecular weight excluding hydrogens is 220 g/mol. The lowest BCUT2D eigenvalue weighted by atomic mass is 10.2. The maximum atomic E-state index is 5.71. The van der Waals surface area contributed by atoms with Gasteiger partial charge in [-0.15, -0.1) is 11.3 Å². The number of nitrogens with zero attached hydrogens (tertiary/aromatic N) is 1. The van der Waals surface area contributed by atoms with Crippen LogP contribution in [0.25, 0.3) is 0 Å². The van der Waals surface area contributed by atoms with E-state index in [2.05, 4.69) is 11.1 Å². The van der Waals surface area contributed by atoms with Crippen LogP contribution in [-0.4, -0.2) is 4.98 Å². The zero-order valence-corrected chi connectivity index (χ0v) is 9.91. The van der Waals surface area contributed by atoms with Crippen LogP contribution in [0.2, 0.25) is 0 Å². The minimum Gasteiger partial charge on any atom is -0.486 e. The Balaban J connectivity index is 1.95. The molecule has 16 heavy (non-hydrogen) atoms. The van der Waals surface area contributed by atoms with Gasteiger partial charge in [0.1, 0.15) is 12.4 Å². The van der Waals surface area contributed by atoms with Crippen LogP contribution >= 0.6 is 11.3 Å². The molecule has 0 aromatic carbocycles. The summed E-state index contributed by atoms with van der Waals surface area (Å²) in [5.41, 5.74) is 6.59. The highest BCUT2D eigenvalue weighted by Gasteiger charge is 2.01. The first-order chi connectivity index (χ1) is 7.75. The minimum atomic E-state index is -0.0358. The van der Waals surface area contributed by atoms with Gasteiger partial charge in [-0.05, 0) is 30.5 Å². The number of nitrogens with two attached hydrogens (primary N) is 1. The van der Waals surface area contributed by atoms with Crippen molar-refractivity contribution in [3.8, 4) is 5.75 Å². The van der Waals surface area contributed by atoms with Gasteiger partial charge in [0.15, 0.2) is 0 Å². The molecule has 1 atom stereocenters. The lowest BCUT2D eigenvalue weighted by molar-refractivity contribution is 0.308. The SMILES string of the molecule is CC(N)c1ccc(OCc2cccs2)cn1. The molecule has 0 saturated carbocycles. The van der Waals surface area contributed by atoms with E-state index >= 15 is 0 Å². The third kappa shape index (κ3) is 2.81. The molecule has 0 fully saturated rings. The molecule has 0 aliphatic rings. The number of thiophene rings is 1. The summed E-state index contributed by atoms with van der Waals surface area (Å²) in [4.78, 5) is 5.44. The molecule has 0 saturated heterocycles. The molecule has 0 radical (unpaired) electrons. The Morgan fingerprint density at radius 2 is 2.31 bits per heavy atom. The first-order valence-corrected chi connectivity index (χ1v) is 6.00. The van der Waals surface area contributed by atoms with Crippen LogP contribution in [0, 0.1) is 0 Å². The molecule has 84 valence electrons. The summed E-state index contributed by atoms with van der Waals surface area (Å²) in [5.74, 6) is 0.776. The normalized spacial score (nSPS) is 12.4. The summed E-state index contributed by atoms with van der Waals surface area (Å²) < 4.78 is 5.59. The van der Waals surface area contributed by atoms with Crippen LogP contribution in [0.4, 0.5) is 0 Å². The van der Waals surface area contributed by atoms with Crippen molar-refractivity contribution in [1.82, 2.24) is 4.98 Å². The Morgan fingerprint density at radius 3 is 2.88 bits per heavy atom. The predicted molar refractivity (Wildman–Crippen MR) is 65.5 cm³/mol. The molecule has 1 unspecified atom stereocenters. The standard InChI is InChI=1S/C12H14N2OS/c1-9(13)12-5-4-10(7-14-12)15-8-11-3-2-6-16-11/h2-7,9H,8,13H2,1H3. The van der Waals surface area contributed by atoms with E-state index in [9.17, 15) is 0 Å². The zero-order valence-electron chi connectivity index (χ0n) is 9.09. The molecule has 0 aliphatic heterocycles. The third-order valence-corrected chi connectivity index (χ3v) is 3.04. The first kappa shape index (κ1) is 11.1. The van der Waals surface area contributed by atoms with Gasteiger partial charge in [0.2, 0.25) is 0 Å². The van der Waals surface area contributed by atoms with E-state index < -0.39 is 0 Å². The van der Waals surface area contributed by atoms with Crippen LogP contribution in [-0.2, 0) is 6.61 Å². The highest BCUT2D eigenvalue weighted by molar-refractivity contribution is 7.09. The molecule has 2 rings (SSSR count). The third-order valence-electron chi connectivity index (χ3n) is 2.19. The molecule has 4 heteroatoms. The Labute approximate surface area is 98.9 Å².